The Bertz CT molecular complexity index is 133. The third kappa shape index (κ3) is 14.1. The van der Waals surface area contributed by atoms with Gasteiger partial charge in [-0.3, -0.25) is 4.79 Å². The second-order valence-electron chi connectivity index (χ2n) is 2.01. The van der Waals surface area contributed by atoms with Crippen molar-refractivity contribution in [3.63, 3.8) is 0 Å². The van der Waals surface area contributed by atoms with Crippen molar-refractivity contribution < 1.29 is 9.53 Å². The Hall–Kier alpha value is -0.830. The quantitative estimate of drug-likeness (QED) is 0.666. The van der Waals surface area contributed by atoms with E-state index in [0.29, 0.717) is 13.2 Å². The van der Waals surface area contributed by atoms with Gasteiger partial charge in [-0.1, -0.05) is 26.0 Å². The monoisotopic (exact) mass is 187 g/mol. The van der Waals surface area contributed by atoms with Crippen molar-refractivity contribution in [1.29, 1.82) is 0 Å². The lowest BCUT2D eigenvalue weighted by atomic mass is 10.5. The van der Waals surface area contributed by atoms with Crippen LogP contribution >= 0.6 is 0 Å². The lowest BCUT2D eigenvalue weighted by Gasteiger charge is -2.00. The average Bonchev–Trinajstić information content (AvgIpc) is 2.18. The highest BCUT2D eigenvalue weighted by Gasteiger charge is 1.95. The van der Waals surface area contributed by atoms with Crippen LogP contribution in [0.25, 0.3) is 0 Å². The van der Waals surface area contributed by atoms with E-state index in [1.165, 1.54) is 0 Å². The summed E-state index contributed by atoms with van der Waals surface area (Å²) in [4.78, 5) is 10.8. The standard InChI is InChI=1S/C8H15NO2.C2H6/c1-3-5-6-9-8(10)7-11-4-2;1-2/h3,5H,4,6-7H2,1-2H3,(H,9,10);1-2H3/b5-3+;. The van der Waals surface area contributed by atoms with E-state index in [0.717, 1.165) is 0 Å². The number of rotatable bonds is 5. The van der Waals surface area contributed by atoms with Crippen molar-refractivity contribution in [3.05, 3.63) is 12.2 Å². The number of allylic oxidation sites excluding steroid dienone is 1. The summed E-state index contributed by atoms with van der Waals surface area (Å²) in [7, 11) is 0. The van der Waals surface area contributed by atoms with Crippen LogP contribution < -0.4 is 5.32 Å². The molecular weight excluding hydrogens is 166 g/mol. The van der Waals surface area contributed by atoms with Gasteiger partial charge in [0, 0.05) is 13.2 Å². The van der Waals surface area contributed by atoms with Gasteiger partial charge in [0.1, 0.15) is 6.61 Å². The van der Waals surface area contributed by atoms with E-state index in [4.69, 9.17) is 4.74 Å². The molecule has 0 saturated carbocycles. The van der Waals surface area contributed by atoms with Crippen LogP contribution in [-0.2, 0) is 9.53 Å². The molecule has 3 nitrogen and oxygen atoms in total. The summed E-state index contributed by atoms with van der Waals surface area (Å²) >= 11 is 0. The van der Waals surface area contributed by atoms with Crippen molar-refractivity contribution in [1.82, 2.24) is 5.32 Å². The first kappa shape index (κ1) is 14.7. The van der Waals surface area contributed by atoms with Gasteiger partial charge in [0.2, 0.25) is 5.91 Å². The Morgan fingerprint density at radius 1 is 1.46 bits per heavy atom. The zero-order valence-corrected chi connectivity index (χ0v) is 9.09. The number of amides is 1. The third-order valence-electron chi connectivity index (χ3n) is 1.09. The van der Waals surface area contributed by atoms with Gasteiger partial charge in [0.15, 0.2) is 0 Å². The van der Waals surface area contributed by atoms with Crippen LogP contribution in [0.2, 0.25) is 0 Å². The van der Waals surface area contributed by atoms with Crippen LogP contribution in [-0.4, -0.2) is 25.7 Å². The van der Waals surface area contributed by atoms with Gasteiger partial charge in [0.05, 0.1) is 0 Å². The Labute approximate surface area is 81.2 Å². The summed E-state index contributed by atoms with van der Waals surface area (Å²) < 4.78 is 4.89. The summed E-state index contributed by atoms with van der Waals surface area (Å²) in [6, 6.07) is 0. The van der Waals surface area contributed by atoms with E-state index in [9.17, 15) is 4.79 Å². The van der Waals surface area contributed by atoms with Gasteiger partial charge in [-0.2, -0.15) is 0 Å². The lowest BCUT2D eigenvalue weighted by Crippen LogP contribution is -2.27. The molecule has 0 aromatic carbocycles. The molecule has 3 heteroatoms. The van der Waals surface area contributed by atoms with E-state index >= 15 is 0 Å². The van der Waals surface area contributed by atoms with Crippen LogP contribution in [0.1, 0.15) is 27.7 Å². The molecule has 1 amide bonds. The molecule has 78 valence electrons. The summed E-state index contributed by atoms with van der Waals surface area (Å²) in [6.07, 6.45) is 3.77. The van der Waals surface area contributed by atoms with Crippen molar-refractivity contribution in [2.45, 2.75) is 27.7 Å². The maximum atomic E-state index is 10.8. The number of nitrogens with one attached hydrogen (secondary N) is 1. The fraction of sp³-hybridized carbons (Fsp3) is 0.700. The molecule has 13 heavy (non-hydrogen) atoms. The second kappa shape index (κ2) is 13.7. The lowest BCUT2D eigenvalue weighted by molar-refractivity contribution is -0.125. The number of hydrogen-bond donors (Lipinski definition) is 1. The van der Waals surface area contributed by atoms with Gasteiger partial charge < -0.3 is 10.1 Å². The van der Waals surface area contributed by atoms with Crippen molar-refractivity contribution in [2.75, 3.05) is 19.8 Å². The first-order chi connectivity index (χ1) is 6.31. The van der Waals surface area contributed by atoms with Crippen molar-refractivity contribution in [3.8, 4) is 0 Å². The van der Waals surface area contributed by atoms with E-state index in [1.807, 2.05) is 39.8 Å². The summed E-state index contributed by atoms with van der Waals surface area (Å²) in [5.74, 6) is -0.0649. The van der Waals surface area contributed by atoms with Crippen molar-refractivity contribution in [2.24, 2.45) is 0 Å². The Balaban J connectivity index is 0. The summed E-state index contributed by atoms with van der Waals surface area (Å²) in [5, 5.41) is 2.67. The number of carbonyl (C=O) groups excluding carboxylic acids is 1. The molecule has 0 fully saturated rings. The first-order valence-corrected chi connectivity index (χ1v) is 4.76. The van der Waals surface area contributed by atoms with Crippen LogP contribution in [0.3, 0.4) is 0 Å². The van der Waals surface area contributed by atoms with Crippen molar-refractivity contribution >= 4 is 5.91 Å². The molecule has 0 aliphatic carbocycles. The topological polar surface area (TPSA) is 38.3 Å². The third-order valence-corrected chi connectivity index (χ3v) is 1.09. The zero-order valence-electron chi connectivity index (χ0n) is 9.09. The molecular formula is C10H21NO2. The Kier molecular flexibility index (Phi) is 15.5. The fourth-order valence-electron chi connectivity index (χ4n) is 0.536. The van der Waals surface area contributed by atoms with E-state index in [2.05, 4.69) is 5.32 Å². The van der Waals surface area contributed by atoms with Gasteiger partial charge in [-0.05, 0) is 13.8 Å². The molecule has 0 aliphatic heterocycles. The maximum Gasteiger partial charge on any atom is 0.246 e. The van der Waals surface area contributed by atoms with Gasteiger partial charge in [0.25, 0.3) is 0 Å². The fourth-order valence-corrected chi connectivity index (χ4v) is 0.536. The number of carbonyl (C=O) groups is 1. The van der Waals surface area contributed by atoms with Crippen LogP contribution in [0.4, 0.5) is 0 Å². The predicted molar refractivity (Wildman–Crippen MR) is 55.7 cm³/mol. The number of ether oxygens (including phenoxy) is 1. The molecule has 0 radical (unpaired) electrons. The molecule has 1 N–H and O–H groups in total. The molecule has 0 heterocycles. The zero-order chi connectivity index (χ0) is 10.5. The summed E-state index contributed by atoms with van der Waals surface area (Å²) in [5.41, 5.74) is 0. The summed E-state index contributed by atoms with van der Waals surface area (Å²) in [6.45, 7) is 9.10. The minimum atomic E-state index is -0.0649. The van der Waals surface area contributed by atoms with E-state index < -0.39 is 0 Å². The predicted octanol–water partition coefficient (Wildman–Crippen LogP) is 1.74. The highest BCUT2D eigenvalue weighted by atomic mass is 16.5. The Morgan fingerprint density at radius 3 is 2.54 bits per heavy atom. The maximum absolute atomic E-state index is 10.8. The molecule has 0 spiro atoms. The smallest absolute Gasteiger partial charge is 0.246 e. The second-order valence-corrected chi connectivity index (χ2v) is 2.01. The molecule has 0 saturated heterocycles. The van der Waals surface area contributed by atoms with Gasteiger partial charge in [-0.25, -0.2) is 0 Å². The minimum absolute atomic E-state index is 0.0649. The SMILES string of the molecule is C/C=C/CNC(=O)COCC.CC. The molecule has 0 atom stereocenters. The highest BCUT2D eigenvalue weighted by molar-refractivity contribution is 5.77. The first-order valence-electron chi connectivity index (χ1n) is 4.76. The molecule has 0 rings (SSSR count). The average molecular weight is 187 g/mol. The van der Waals surface area contributed by atoms with Crippen LogP contribution in [0.5, 0.6) is 0 Å². The van der Waals surface area contributed by atoms with Gasteiger partial charge in [-0.15, -0.1) is 0 Å². The molecule has 0 unspecified atom stereocenters. The highest BCUT2D eigenvalue weighted by Crippen LogP contribution is 1.74. The molecule has 0 aliphatic rings. The molecule has 0 bridgehead atoms. The number of hydrogen-bond acceptors (Lipinski definition) is 2. The van der Waals surface area contributed by atoms with E-state index in [1.54, 1.807) is 0 Å². The van der Waals surface area contributed by atoms with Crippen LogP contribution in [0.15, 0.2) is 12.2 Å². The largest absolute Gasteiger partial charge is 0.372 e. The molecule has 0 aromatic heterocycles. The Morgan fingerprint density at radius 2 is 2.08 bits per heavy atom. The van der Waals surface area contributed by atoms with E-state index in [-0.39, 0.29) is 12.5 Å². The molecule has 0 aromatic rings. The van der Waals surface area contributed by atoms with Gasteiger partial charge >= 0.3 is 0 Å². The normalized spacial score (nSPS) is 9.23. The minimum Gasteiger partial charge on any atom is -0.372 e. The van der Waals surface area contributed by atoms with Crippen LogP contribution in [0, 0.1) is 0 Å².